The second kappa shape index (κ2) is 10.9. The second-order valence-electron chi connectivity index (χ2n) is 11.4. The first-order valence-corrected chi connectivity index (χ1v) is 15.4. The molecule has 0 N–H and O–H groups in total. The summed E-state index contributed by atoms with van der Waals surface area (Å²) in [5.74, 6) is -0.432. The van der Waals surface area contributed by atoms with Crippen LogP contribution in [-0.2, 0) is 22.2 Å². The van der Waals surface area contributed by atoms with Crippen LogP contribution in [0.4, 0.5) is 26.3 Å². The molecular formula is C30H32F6N2O2S. The van der Waals surface area contributed by atoms with Crippen molar-refractivity contribution < 1.29 is 34.8 Å². The van der Waals surface area contributed by atoms with E-state index < -0.39 is 49.9 Å². The summed E-state index contributed by atoms with van der Waals surface area (Å²) in [6.07, 6.45) is -4.93. The average Bonchev–Trinajstić information content (AvgIpc) is 2.91. The van der Waals surface area contributed by atoms with Crippen molar-refractivity contribution in [1.82, 2.24) is 9.88 Å². The minimum absolute atomic E-state index is 0.0463. The Morgan fingerprint density at radius 2 is 1.68 bits per heavy atom. The Hall–Kier alpha value is -2.66. The molecule has 0 amide bonds. The van der Waals surface area contributed by atoms with Gasteiger partial charge < -0.3 is 0 Å². The molecule has 2 aromatic carbocycles. The highest BCUT2D eigenvalue weighted by Gasteiger charge is 2.45. The Kier molecular flexibility index (Phi) is 7.91. The molecule has 6 rings (SSSR count). The number of hydrogen-bond donors (Lipinski definition) is 0. The summed E-state index contributed by atoms with van der Waals surface area (Å²) >= 11 is 0. The normalized spacial score (nSPS) is 24.1. The second-order valence-corrected chi connectivity index (χ2v) is 13.5. The number of aromatic nitrogens is 1. The summed E-state index contributed by atoms with van der Waals surface area (Å²) in [7, 11) is -4.59. The third-order valence-electron chi connectivity index (χ3n) is 8.71. The van der Waals surface area contributed by atoms with Gasteiger partial charge in [0.1, 0.15) is 0 Å². The van der Waals surface area contributed by atoms with E-state index in [9.17, 15) is 34.8 Å². The fourth-order valence-electron chi connectivity index (χ4n) is 6.75. The molecule has 3 aliphatic rings. The molecule has 5 atom stereocenters. The maximum Gasteiger partial charge on any atom is 0.416 e. The first-order chi connectivity index (χ1) is 19.2. The van der Waals surface area contributed by atoms with Crippen LogP contribution in [0.2, 0.25) is 0 Å². The van der Waals surface area contributed by atoms with E-state index in [4.69, 9.17) is 0 Å². The van der Waals surface area contributed by atoms with Crippen molar-refractivity contribution in [1.29, 1.82) is 0 Å². The van der Waals surface area contributed by atoms with E-state index in [1.165, 1.54) is 0 Å². The van der Waals surface area contributed by atoms with Crippen LogP contribution in [0.25, 0.3) is 10.9 Å². The first-order valence-electron chi connectivity index (χ1n) is 13.8. The molecule has 11 heteroatoms. The molecule has 3 aliphatic heterocycles. The van der Waals surface area contributed by atoms with Gasteiger partial charge >= 0.3 is 12.4 Å². The van der Waals surface area contributed by atoms with Gasteiger partial charge in [0.25, 0.3) is 0 Å². The molecule has 3 aromatic rings. The smallest absolute Gasteiger partial charge is 0.299 e. The zero-order valence-corrected chi connectivity index (χ0v) is 23.6. The lowest BCUT2D eigenvalue weighted by molar-refractivity contribution is -0.143. The molecule has 0 saturated carbocycles. The Bertz CT molecular complexity index is 1500. The molecule has 2 bridgehead atoms. The van der Waals surface area contributed by atoms with Crippen LogP contribution in [0, 0.1) is 18.8 Å². The highest BCUT2D eigenvalue weighted by Crippen LogP contribution is 2.45. The fourth-order valence-corrected chi connectivity index (χ4v) is 8.43. The monoisotopic (exact) mass is 598 g/mol. The van der Waals surface area contributed by atoms with Gasteiger partial charge in [0, 0.05) is 30.1 Å². The Labute approximate surface area is 235 Å². The topological polar surface area (TPSA) is 50.3 Å². The van der Waals surface area contributed by atoms with E-state index >= 15 is 0 Å². The van der Waals surface area contributed by atoms with Crippen molar-refractivity contribution in [3.8, 4) is 0 Å². The highest BCUT2D eigenvalue weighted by atomic mass is 32.2. The van der Waals surface area contributed by atoms with Gasteiger partial charge in [0.05, 0.1) is 27.3 Å². The average molecular weight is 599 g/mol. The molecular weight excluding hydrogens is 566 g/mol. The SMILES string of the molecule is CCCC1CN2CCC1CC2C(CS(=O)(=O)c1cc(C(F)(F)F)cc(C(F)(F)F)c1)c1ccnc2ccc(C)cc12. The first kappa shape index (κ1) is 29.8. The summed E-state index contributed by atoms with van der Waals surface area (Å²) in [5.41, 5.74) is -1.02. The predicted octanol–water partition coefficient (Wildman–Crippen LogP) is 7.65. The zero-order valence-electron chi connectivity index (χ0n) is 22.8. The summed E-state index contributed by atoms with van der Waals surface area (Å²) in [4.78, 5) is 5.71. The third-order valence-corrected chi connectivity index (χ3v) is 10.5. The summed E-state index contributed by atoms with van der Waals surface area (Å²) in [6, 6.07) is 7.72. The quantitative estimate of drug-likeness (QED) is 0.262. The number of nitrogens with zero attached hydrogens (tertiary/aromatic N) is 2. The summed E-state index contributed by atoms with van der Waals surface area (Å²) in [5, 5.41) is 0.737. The highest BCUT2D eigenvalue weighted by molar-refractivity contribution is 7.91. The van der Waals surface area contributed by atoms with Crippen molar-refractivity contribution >= 4 is 20.7 Å². The molecule has 4 heterocycles. The lowest BCUT2D eigenvalue weighted by atomic mass is 9.70. The van der Waals surface area contributed by atoms with E-state index in [1.807, 2.05) is 25.1 Å². The number of aryl methyl sites for hydroxylation is 1. The number of piperidine rings is 3. The lowest BCUT2D eigenvalue weighted by Crippen LogP contribution is -2.56. The molecule has 4 nitrogen and oxygen atoms in total. The molecule has 0 aliphatic carbocycles. The van der Waals surface area contributed by atoms with Crippen molar-refractivity contribution in [2.45, 2.75) is 68.7 Å². The van der Waals surface area contributed by atoms with Gasteiger partial charge in [-0.15, -0.1) is 0 Å². The van der Waals surface area contributed by atoms with Gasteiger partial charge in [-0.1, -0.05) is 25.0 Å². The van der Waals surface area contributed by atoms with Crippen LogP contribution in [-0.4, -0.2) is 43.2 Å². The van der Waals surface area contributed by atoms with Gasteiger partial charge in [-0.3, -0.25) is 9.88 Å². The number of alkyl halides is 6. The number of halogens is 6. The van der Waals surface area contributed by atoms with Crippen LogP contribution >= 0.6 is 0 Å². The Morgan fingerprint density at radius 1 is 1.00 bits per heavy atom. The molecule has 3 fully saturated rings. The van der Waals surface area contributed by atoms with Crippen LogP contribution in [0.3, 0.4) is 0 Å². The maximum absolute atomic E-state index is 13.8. The van der Waals surface area contributed by atoms with E-state index in [0.29, 0.717) is 35.0 Å². The Balaban J connectivity index is 1.62. The van der Waals surface area contributed by atoms with Crippen molar-refractivity contribution in [3.63, 3.8) is 0 Å². The molecule has 0 radical (unpaired) electrons. The van der Waals surface area contributed by atoms with Crippen LogP contribution in [0.1, 0.15) is 60.8 Å². The lowest BCUT2D eigenvalue weighted by Gasteiger charge is -2.52. The minimum atomic E-state index is -5.15. The molecule has 0 spiro atoms. The number of pyridine rings is 1. The van der Waals surface area contributed by atoms with Gasteiger partial charge in [-0.2, -0.15) is 26.3 Å². The molecule has 3 saturated heterocycles. The van der Waals surface area contributed by atoms with Crippen LogP contribution in [0.5, 0.6) is 0 Å². The molecule has 1 aromatic heterocycles. The number of benzene rings is 2. The number of fused-ring (bicyclic) bond motifs is 4. The Morgan fingerprint density at radius 3 is 2.27 bits per heavy atom. The van der Waals surface area contributed by atoms with E-state index in [-0.39, 0.29) is 12.1 Å². The van der Waals surface area contributed by atoms with E-state index in [2.05, 4.69) is 16.8 Å². The minimum Gasteiger partial charge on any atom is -0.299 e. The zero-order chi connectivity index (χ0) is 29.7. The largest absolute Gasteiger partial charge is 0.416 e. The van der Waals surface area contributed by atoms with Crippen molar-refractivity contribution in [3.05, 3.63) is 70.9 Å². The van der Waals surface area contributed by atoms with Crippen molar-refractivity contribution in [2.24, 2.45) is 11.8 Å². The van der Waals surface area contributed by atoms with Gasteiger partial charge in [0.15, 0.2) is 9.84 Å². The fraction of sp³-hybridized carbons (Fsp3) is 0.500. The van der Waals surface area contributed by atoms with E-state index in [1.54, 1.807) is 12.3 Å². The maximum atomic E-state index is 13.8. The number of sulfone groups is 1. The van der Waals surface area contributed by atoms with E-state index in [0.717, 1.165) is 49.7 Å². The molecule has 41 heavy (non-hydrogen) atoms. The number of hydrogen-bond acceptors (Lipinski definition) is 4. The van der Waals surface area contributed by atoms with Crippen LogP contribution < -0.4 is 0 Å². The standard InChI is InChI=1S/C30H32F6N2O2S/c1-3-4-20-16-38-10-8-19(20)12-28(38)26(24-7-9-37-27-6-5-18(2)11-25(24)27)17-41(39,40)23-14-21(29(31,32)33)13-22(15-23)30(34,35)36/h5-7,9,11,13-15,19-20,26,28H,3-4,8,10,12,16-17H2,1-2H3. The van der Waals surface area contributed by atoms with Crippen molar-refractivity contribution in [2.75, 3.05) is 18.8 Å². The van der Waals surface area contributed by atoms with Gasteiger partial charge in [0.2, 0.25) is 0 Å². The summed E-state index contributed by atoms with van der Waals surface area (Å²) < 4.78 is 109. The molecule has 5 unspecified atom stereocenters. The van der Waals surface area contributed by atoms with Gasteiger partial charge in [-0.25, -0.2) is 8.42 Å². The predicted molar refractivity (Wildman–Crippen MR) is 144 cm³/mol. The van der Waals surface area contributed by atoms with Crippen LogP contribution in [0.15, 0.2) is 53.6 Å². The van der Waals surface area contributed by atoms with Gasteiger partial charge in [-0.05, 0) is 86.5 Å². The molecule has 222 valence electrons. The summed E-state index contributed by atoms with van der Waals surface area (Å²) in [6.45, 7) is 5.59. The third kappa shape index (κ3) is 6.11. The number of rotatable bonds is 7.